The lowest BCUT2D eigenvalue weighted by Crippen LogP contribution is -2.74. The van der Waals surface area contributed by atoms with E-state index in [9.17, 15) is 0 Å². The molecule has 0 N–H and O–H groups in total. The van der Waals surface area contributed by atoms with Crippen molar-refractivity contribution in [2.75, 3.05) is 0 Å². The molecule has 0 saturated carbocycles. The molecule has 0 amide bonds. The van der Waals surface area contributed by atoms with Crippen LogP contribution in [0.25, 0.3) is 99.5 Å². The molecule has 0 spiro atoms. The van der Waals surface area contributed by atoms with Crippen LogP contribution in [0.15, 0.2) is 303 Å². The van der Waals surface area contributed by atoms with E-state index in [-0.39, 0.29) is 0 Å². The minimum Gasteiger partial charge on any atom is -0.309 e. The van der Waals surface area contributed by atoms with Crippen molar-refractivity contribution >= 4 is 72.4 Å². The Morgan fingerprint density at radius 1 is 0.227 bits per heavy atom. The Morgan fingerprint density at radius 3 is 1.29 bits per heavy atom. The molecular formula is C72H50N2Si. The topological polar surface area (TPSA) is 9.86 Å². The van der Waals surface area contributed by atoms with Crippen molar-refractivity contribution in [1.29, 1.82) is 0 Å². The van der Waals surface area contributed by atoms with Crippen molar-refractivity contribution in [3.8, 4) is 55.9 Å². The summed E-state index contributed by atoms with van der Waals surface area (Å²) < 4.78 is 4.97. The van der Waals surface area contributed by atoms with Crippen molar-refractivity contribution in [2.24, 2.45) is 0 Å². The first-order chi connectivity index (χ1) is 37.2. The summed E-state index contributed by atoms with van der Waals surface area (Å²) in [6, 6.07) is 113. The molecule has 352 valence electrons. The van der Waals surface area contributed by atoms with Gasteiger partial charge in [0.25, 0.3) is 0 Å². The maximum atomic E-state index is 2.58. The lowest BCUT2D eigenvalue weighted by molar-refractivity contribution is 1.18. The summed E-state index contributed by atoms with van der Waals surface area (Å²) in [4.78, 5) is 0. The van der Waals surface area contributed by atoms with Gasteiger partial charge in [-0.05, 0) is 96.6 Å². The van der Waals surface area contributed by atoms with E-state index in [1.165, 1.54) is 86.7 Å². The number of hydrogen-bond donors (Lipinski definition) is 0. The first-order valence-electron chi connectivity index (χ1n) is 25.9. The highest BCUT2D eigenvalue weighted by Crippen LogP contribution is 2.45. The summed E-state index contributed by atoms with van der Waals surface area (Å²) in [6.45, 7) is 0. The van der Waals surface area contributed by atoms with Gasteiger partial charge in [-0.3, -0.25) is 0 Å². The fourth-order valence-electron chi connectivity index (χ4n) is 12.2. The standard InChI is InChI=1S/C72H50N2Si/c1-7-25-51(26-8-1)54-31-23-38-59(47-54)75(57-34-15-5-16-35-57,58-36-17-6-18-37-58)60-49-64(52-27-9-2-10-28-52)72(65(50-60)53-29-11-3-12-30-53)74-68-43-22-20-40-63(68)71-61(41-24-44-70(71)74)55-45-46-69-66(48-55)62-39-19-21-42-67(62)73(69)56-32-13-4-14-33-56/h1-50H. The number of fused-ring (bicyclic) bond motifs is 6. The SMILES string of the molecule is c1ccc(-c2cccc([Si](c3ccccc3)(c3ccccc3)c3cc(-c4ccccc4)c(-n4c5ccccc5c5c(-c6ccc7c(c6)c6ccccc6n7-c6ccccc6)cccc54)c(-c4ccccc4)c3)c2)cc1. The average molecular weight is 971 g/mol. The Balaban J connectivity index is 1.09. The van der Waals surface area contributed by atoms with E-state index in [1.807, 2.05) is 0 Å². The van der Waals surface area contributed by atoms with Gasteiger partial charge in [0.05, 0.1) is 27.8 Å². The summed E-state index contributed by atoms with van der Waals surface area (Å²) in [5.74, 6) is 0. The molecule has 0 aliphatic heterocycles. The molecule has 3 heteroatoms. The fraction of sp³-hybridized carbons (Fsp3) is 0. The maximum Gasteiger partial charge on any atom is 0.179 e. The molecule has 0 atom stereocenters. The molecular weight excluding hydrogens is 921 g/mol. The van der Waals surface area contributed by atoms with Gasteiger partial charge in [-0.1, -0.05) is 261 Å². The number of hydrogen-bond acceptors (Lipinski definition) is 0. The van der Waals surface area contributed by atoms with Crippen LogP contribution in [0.2, 0.25) is 0 Å². The molecule has 0 radical (unpaired) electrons. The Bertz CT molecular complexity index is 4270. The molecule has 0 bridgehead atoms. The highest BCUT2D eigenvalue weighted by Gasteiger charge is 2.43. The Labute approximate surface area is 438 Å². The molecule has 0 aliphatic rings. The van der Waals surface area contributed by atoms with Crippen molar-refractivity contribution < 1.29 is 0 Å². The largest absolute Gasteiger partial charge is 0.309 e. The van der Waals surface area contributed by atoms with Crippen molar-refractivity contribution in [1.82, 2.24) is 9.13 Å². The lowest BCUT2D eigenvalue weighted by Gasteiger charge is -2.36. The van der Waals surface area contributed by atoms with Crippen LogP contribution in [-0.4, -0.2) is 17.2 Å². The van der Waals surface area contributed by atoms with Crippen molar-refractivity contribution in [3.05, 3.63) is 303 Å². The van der Waals surface area contributed by atoms with Gasteiger partial charge in [-0.2, -0.15) is 0 Å². The number of nitrogens with zero attached hydrogens (tertiary/aromatic N) is 2. The van der Waals surface area contributed by atoms with Gasteiger partial charge in [0.1, 0.15) is 0 Å². The highest BCUT2D eigenvalue weighted by molar-refractivity contribution is 7.20. The Kier molecular flexibility index (Phi) is 10.9. The predicted molar refractivity (Wildman–Crippen MR) is 320 cm³/mol. The second-order valence-electron chi connectivity index (χ2n) is 19.6. The first kappa shape index (κ1) is 44.2. The molecule has 12 aromatic carbocycles. The fourth-order valence-corrected chi connectivity index (χ4v) is 17.0. The third-order valence-electron chi connectivity index (χ3n) is 15.4. The minimum absolute atomic E-state index is 1.16. The smallest absolute Gasteiger partial charge is 0.179 e. The molecule has 2 heterocycles. The Hall–Kier alpha value is -9.54. The average Bonchev–Trinajstić information content (AvgIpc) is 4.05. The molecule has 0 aliphatic carbocycles. The third-order valence-corrected chi connectivity index (χ3v) is 20.2. The first-order valence-corrected chi connectivity index (χ1v) is 27.9. The second kappa shape index (κ2) is 18.5. The maximum absolute atomic E-state index is 3.13. The van der Waals surface area contributed by atoms with Crippen LogP contribution >= 0.6 is 0 Å². The highest BCUT2D eigenvalue weighted by atomic mass is 28.3. The minimum atomic E-state index is -3.13. The number of para-hydroxylation sites is 3. The van der Waals surface area contributed by atoms with E-state index in [4.69, 9.17) is 0 Å². The normalized spacial score (nSPS) is 11.7. The summed E-state index contributed by atoms with van der Waals surface area (Å²) in [5.41, 5.74) is 16.5. The van der Waals surface area contributed by atoms with Gasteiger partial charge in [-0.15, -0.1) is 0 Å². The van der Waals surface area contributed by atoms with Crippen LogP contribution in [0.5, 0.6) is 0 Å². The van der Waals surface area contributed by atoms with Gasteiger partial charge < -0.3 is 9.13 Å². The molecule has 75 heavy (non-hydrogen) atoms. The van der Waals surface area contributed by atoms with E-state index >= 15 is 0 Å². The summed E-state index contributed by atoms with van der Waals surface area (Å²) >= 11 is 0. The van der Waals surface area contributed by atoms with E-state index in [0.717, 1.165) is 33.5 Å². The van der Waals surface area contributed by atoms with E-state index in [1.54, 1.807) is 0 Å². The zero-order chi connectivity index (χ0) is 49.7. The van der Waals surface area contributed by atoms with E-state index in [0.29, 0.717) is 0 Å². The molecule has 0 unspecified atom stereocenters. The summed E-state index contributed by atoms with van der Waals surface area (Å²) in [6.07, 6.45) is 0. The number of benzene rings is 12. The van der Waals surface area contributed by atoms with Gasteiger partial charge in [-0.25, -0.2) is 0 Å². The monoisotopic (exact) mass is 970 g/mol. The molecule has 14 aromatic rings. The molecule has 2 nitrogen and oxygen atoms in total. The van der Waals surface area contributed by atoms with Crippen molar-refractivity contribution in [3.63, 3.8) is 0 Å². The van der Waals surface area contributed by atoms with Crippen LogP contribution in [0.3, 0.4) is 0 Å². The van der Waals surface area contributed by atoms with Crippen LogP contribution in [0.1, 0.15) is 0 Å². The van der Waals surface area contributed by atoms with Crippen LogP contribution in [0.4, 0.5) is 0 Å². The zero-order valence-corrected chi connectivity index (χ0v) is 42.3. The molecule has 0 fully saturated rings. The predicted octanol–water partition coefficient (Wildman–Crippen LogP) is 15.9. The summed E-state index contributed by atoms with van der Waals surface area (Å²) in [5, 5.41) is 10.2. The zero-order valence-electron chi connectivity index (χ0n) is 41.3. The van der Waals surface area contributed by atoms with Gasteiger partial charge in [0, 0.05) is 38.4 Å². The molecule has 0 saturated heterocycles. The molecule has 14 rings (SSSR count). The van der Waals surface area contributed by atoms with Crippen LogP contribution < -0.4 is 20.7 Å². The van der Waals surface area contributed by atoms with Gasteiger partial charge in [0.15, 0.2) is 8.07 Å². The second-order valence-corrected chi connectivity index (χ2v) is 23.4. The van der Waals surface area contributed by atoms with Crippen molar-refractivity contribution in [2.45, 2.75) is 0 Å². The van der Waals surface area contributed by atoms with Crippen LogP contribution in [0, 0.1) is 0 Å². The third kappa shape index (κ3) is 7.31. The van der Waals surface area contributed by atoms with Crippen LogP contribution in [-0.2, 0) is 0 Å². The lowest BCUT2D eigenvalue weighted by atomic mass is 9.95. The Morgan fingerprint density at radius 2 is 0.680 bits per heavy atom. The molecule has 2 aromatic heterocycles. The van der Waals surface area contributed by atoms with E-state index < -0.39 is 8.07 Å². The quantitative estimate of drug-likeness (QED) is 0.0955. The van der Waals surface area contributed by atoms with Gasteiger partial charge >= 0.3 is 0 Å². The van der Waals surface area contributed by atoms with Gasteiger partial charge in [0.2, 0.25) is 0 Å². The summed E-state index contributed by atoms with van der Waals surface area (Å²) in [7, 11) is -3.13. The number of aromatic nitrogens is 2. The number of rotatable bonds is 10. The van der Waals surface area contributed by atoms with E-state index in [2.05, 4.69) is 312 Å².